The molecule has 13 heavy (non-hydrogen) atoms. The van der Waals surface area contributed by atoms with E-state index in [-0.39, 0.29) is 0 Å². The van der Waals surface area contributed by atoms with Gasteiger partial charge in [-0.25, -0.2) is 0 Å². The Balaban J connectivity index is 2.08. The van der Waals surface area contributed by atoms with Gasteiger partial charge in [-0.05, 0) is 45.8 Å². The van der Waals surface area contributed by atoms with Gasteiger partial charge in [0, 0.05) is 6.04 Å². The van der Waals surface area contributed by atoms with E-state index in [1.165, 1.54) is 38.9 Å². The molecule has 3 nitrogen and oxygen atoms in total. The number of likely N-dealkylation sites (tertiary alicyclic amines) is 1. The molecule has 0 aliphatic carbocycles. The lowest BCUT2D eigenvalue weighted by molar-refractivity contribution is 0.00658. The Morgan fingerprint density at radius 2 is 2.00 bits per heavy atom. The van der Waals surface area contributed by atoms with Crippen molar-refractivity contribution in [1.82, 2.24) is 10.4 Å². The van der Waals surface area contributed by atoms with Crippen molar-refractivity contribution < 1.29 is 4.84 Å². The monoisotopic (exact) mass is 186 g/mol. The number of nitrogens with zero attached hydrogens (tertiary/aromatic N) is 1. The Kier molecular flexibility index (Phi) is 5.35. The molecule has 0 unspecified atom stereocenters. The van der Waals surface area contributed by atoms with Crippen molar-refractivity contribution in [1.29, 1.82) is 0 Å². The average Bonchev–Trinajstić information content (AvgIpc) is 2.17. The van der Waals surface area contributed by atoms with Gasteiger partial charge in [-0.2, -0.15) is 5.48 Å². The maximum atomic E-state index is 5.20. The summed E-state index contributed by atoms with van der Waals surface area (Å²) < 4.78 is 0. The van der Waals surface area contributed by atoms with Gasteiger partial charge < -0.3 is 9.74 Å². The van der Waals surface area contributed by atoms with Gasteiger partial charge in [0.25, 0.3) is 0 Å². The van der Waals surface area contributed by atoms with Crippen LogP contribution < -0.4 is 5.48 Å². The third-order valence-electron chi connectivity index (χ3n) is 2.52. The molecule has 0 spiro atoms. The molecule has 0 aromatic carbocycles. The first-order valence-electron chi connectivity index (χ1n) is 5.46. The minimum Gasteiger partial charge on any atom is -0.303 e. The number of hydroxylamine groups is 1. The largest absolute Gasteiger partial charge is 0.303 e. The van der Waals surface area contributed by atoms with Crippen molar-refractivity contribution in [3.63, 3.8) is 0 Å². The van der Waals surface area contributed by atoms with Crippen LogP contribution >= 0.6 is 0 Å². The van der Waals surface area contributed by atoms with Crippen molar-refractivity contribution in [2.75, 3.05) is 26.2 Å². The van der Waals surface area contributed by atoms with Crippen LogP contribution in [0.15, 0.2) is 0 Å². The van der Waals surface area contributed by atoms with Gasteiger partial charge in [-0.1, -0.05) is 6.92 Å². The highest BCUT2D eigenvalue weighted by molar-refractivity contribution is 4.74. The molecule has 0 saturated carbocycles. The zero-order chi connectivity index (χ0) is 9.52. The molecule has 1 N–H and O–H groups in total. The molecule has 0 radical (unpaired) electrons. The van der Waals surface area contributed by atoms with E-state index in [1.54, 1.807) is 0 Å². The van der Waals surface area contributed by atoms with Crippen LogP contribution in [-0.2, 0) is 4.84 Å². The standard InChI is InChI=1S/C10H22N2O/c1-3-7-12-8-5-10(6-9-12)11-13-4-2/h10-11H,3-9H2,1-2H3. The third kappa shape index (κ3) is 4.07. The highest BCUT2D eigenvalue weighted by Crippen LogP contribution is 2.10. The summed E-state index contributed by atoms with van der Waals surface area (Å²) >= 11 is 0. The van der Waals surface area contributed by atoms with E-state index >= 15 is 0 Å². The maximum Gasteiger partial charge on any atom is 0.0654 e. The molecule has 1 fully saturated rings. The van der Waals surface area contributed by atoms with E-state index in [9.17, 15) is 0 Å². The quantitative estimate of drug-likeness (QED) is 0.657. The van der Waals surface area contributed by atoms with Crippen LogP contribution in [0.3, 0.4) is 0 Å². The number of hydrogen-bond acceptors (Lipinski definition) is 3. The zero-order valence-electron chi connectivity index (χ0n) is 8.88. The first kappa shape index (κ1) is 11.0. The summed E-state index contributed by atoms with van der Waals surface area (Å²) in [5.41, 5.74) is 3.11. The van der Waals surface area contributed by atoms with Gasteiger partial charge in [0.15, 0.2) is 0 Å². The van der Waals surface area contributed by atoms with Crippen LogP contribution in [0.4, 0.5) is 0 Å². The van der Waals surface area contributed by atoms with Crippen LogP contribution in [0, 0.1) is 0 Å². The lowest BCUT2D eigenvalue weighted by atomic mass is 10.1. The molecule has 0 amide bonds. The van der Waals surface area contributed by atoms with Crippen LogP contribution in [0.2, 0.25) is 0 Å². The minimum absolute atomic E-state index is 0.577. The fourth-order valence-electron chi connectivity index (χ4n) is 1.79. The van der Waals surface area contributed by atoms with Crippen LogP contribution in [-0.4, -0.2) is 37.2 Å². The molecule has 1 saturated heterocycles. The fraction of sp³-hybridized carbons (Fsp3) is 1.00. The number of nitrogens with one attached hydrogen (secondary N) is 1. The summed E-state index contributed by atoms with van der Waals surface area (Å²) in [5.74, 6) is 0. The highest BCUT2D eigenvalue weighted by Gasteiger charge is 2.17. The normalized spacial score (nSPS) is 20.8. The Bertz CT molecular complexity index is 122. The van der Waals surface area contributed by atoms with E-state index < -0.39 is 0 Å². The summed E-state index contributed by atoms with van der Waals surface area (Å²) in [5, 5.41) is 0. The smallest absolute Gasteiger partial charge is 0.0654 e. The van der Waals surface area contributed by atoms with Crippen molar-refractivity contribution in [2.45, 2.75) is 39.2 Å². The summed E-state index contributed by atoms with van der Waals surface area (Å²) in [7, 11) is 0. The molecule has 78 valence electrons. The van der Waals surface area contributed by atoms with Crippen LogP contribution in [0.5, 0.6) is 0 Å². The average molecular weight is 186 g/mol. The van der Waals surface area contributed by atoms with Gasteiger partial charge >= 0.3 is 0 Å². The topological polar surface area (TPSA) is 24.5 Å². The molecule has 0 aromatic rings. The van der Waals surface area contributed by atoms with Gasteiger partial charge in [-0.15, -0.1) is 0 Å². The SMILES string of the molecule is CCCN1CCC(NOCC)CC1. The van der Waals surface area contributed by atoms with E-state index in [0.29, 0.717) is 6.04 Å². The van der Waals surface area contributed by atoms with Crippen LogP contribution in [0.1, 0.15) is 33.1 Å². The molecule has 0 aromatic heterocycles. The Labute approximate surface area is 81.4 Å². The van der Waals surface area contributed by atoms with Crippen molar-refractivity contribution in [3.8, 4) is 0 Å². The summed E-state index contributed by atoms with van der Waals surface area (Å²) in [4.78, 5) is 7.73. The predicted molar refractivity (Wildman–Crippen MR) is 54.5 cm³/mol. The Morgan fingerprint density at radius 3 is 2.54 bits per heavy atom. The highest BCUT2D eigenvalue weighted by atomic mass is 16.6. The molecule has 1 aliphatic heterocycles. The first-order chi connectivity index (χ1) is 6.36. The van der Waals surface area contributed by atoms with Crippen LogP contribution in [0.25, 0.3) is 0 Å². The molecular formula is C10H22N2O. The zero-order valence-corrected chi connectivity index (χ0v) is 8.88. The fourth-order valence-corrected chi connectivity index (χ4v) is 1.79. The van der Waals surface area contributed by atoms with Gasteiger partial charge in [0.1, 0.15) is 0 Å². The second kappa shape index (κ2) is 6.35. The molecular weight excluding hydrogens is 164 g/mol. The van der Waals surface area contributed by atoms with Gasteiger partial charge in [0.2, 0.25) is 0 Å². The second-order valence-electron chi connectivity index (χ2n) is 3.67. The molecule has 1 rings (SSSR count). The third-order valence-corrected chi connectivity index (χ3v) is 2.52. The van der Waals surface area contributed by atoms with Crippen molar-refractivity contribution in [2.24, 2.45) is 0 Å². The molecule has 1 aliphatic rings. The minimum atomic E-state index is 0.577. The number of piperidine rings is 1. The van der Waals surface area contributed by atoms with Crippen molar-refractivity contribution in [3.05, 3.63) is 0 Å². The number of hydrogen-bond donors (Lipinski definition) is 1. The lowest BCUT2D eigenvalue weighted by Crippen LogP contribution is -2.42. The Hall–Kier alpha value is -0.120. The summed E-state index contributed by atoms with van der Waals surface area (Å²) in [6, 6.07) is 0.577. The number of rotatable bonds is 5. The van der Waals surface area contributed by atoms with Crippen molar-refractivity contribution >= 4 is 0 Å². The molecule has 0 bridgehead atoms. The van der Waals surface area contributed by atoms with Gasteiger partial charge in [-0.3, -0.25) is 0 Å². The van der Waals surface area contributed by atoms with E-state index in [2.05, 4.69) is 17.3 Å². The molecule has 0 atom stereocenters. The van der Waals surface area contributed by atoms with Gasteiger partial charge in [0.05, 0.1) is 6.61 Å². The summed E-state index contributed by atoms with van der Waals surface area (Å²) in [6.45, 7) is 8.71. The Morgan fingerprint density at radius 1 is 1.31 bits per heavy atom. The lowest BCUT2D eigenvalue weighted by Gasteiger charge is -2.31. The molecule has 3 heteroatoms. The van der Waals surface area contributed by atoms with E-state index in [1.807, 2.05) is 6.92 Å². The summed E-state index contributed by atoms with van der Waals surface area (Å²) in [6.07, 6.45) is 3.71. The first-order valence-corrected chi connectivity index (χ1v) is 5.46. The molecule has 1 heterocycles. The maximum absolute atomic E-state index is 5.20. The predicted octanol–water partition coefficient (Wildman–Crippen LogP) is 1.40. The second-order valence-corrected chi connectivity index (χ2v) is 3.67. The van der Waals surface area contributed by atoms with E-state index in [0.717, 1.165) is 6.61 Å². The van der Waals surface area contributed by atoms with E-state index in [4.69, 9.17) is 4.84 Å².